The Morgan fingerprint density at radius 2 is 1.66 bits per heavy atom. The van der Waals surface area contributed by atoms with Crippen molar-refractivity contribution in [3.05, 3.63) is 71.3 Å². The maximum Gasteiger partial charge on any atom is 0.191 e. The number of nitrogens with one attached hydrogen (secondary N) is 2. The average Bonchev–Trinajstić information content (AvgIpc) is 2.75. The minimum Gasteiger partial charge on any atom is -0.393 e. The van der Waals surface area contributed by atoms with Crippen LogP contribution in [0.25, 0.3) is 0 Å². The van der Waals surface area contributed by atoms with Crippen LogP contribution in [0.1, 0.15) is 49.3 Å². The molecule has 0 spiro atoms. The summed E-state index contributed by atoms with van der Waals surface area (Å²) in [6.45, 7) is 4.69. The van der Waals surface area contributed by atoms with Gasteiger partial charge in [0.2, 0.25) is 0 Å². The van der Waals surface area contributed by atoms with Crippen LogP contribution in [0.4, 0.5) is 0 Å². The molecule has 0 amide bonds. The molecule has 2 aromatic carbocycles. The van der Waals surface area contributed by atoms with Crippen molar-refractivity contribution in [2.45, 2.75) is 64.5 Å². The van der Waals surface area contributed by atoms with Gasteiger partial charge in [0.15, 0.2) is 5.96 Å². The third kappa shape index (κ3) is 7.18. The zero-order valence-corrected chi connectivity index (χ0v) is 17.3. The van der Waals surface area contributed by atoms with Crippen LogP contribution in [0.15, 0.2) is 59.6 Å². The Labute approximate surface area is 174 Å². The van der Waals surface area contributed by atoms with Crippen LogP contribution in [-0.4, -0.2) is 29.8 Å². The summed E-state index contributed by atoms with van der Waals surface area (Å²) in [4.78, 5) is 4.80. The number of nitrogens with zero attached hydrogens (tertiary/aromatic N) is 1. The Morgan fingerprint density at radius 3 is 2.38 bits per heavy atom. The Morgan fingerprint density at radius 1 is 0.966 bits per heavy atom. The molecule has 0 radical (unpaired) electrons. The zero-order chi connectivity index (χ0) is 20.3. The fourth-order valence-electron chi connectivity index (χ4n) is 3.60. The summed E-state index contributed by atoms with van der Waals surface area (Å²) in [5.41, 5.74) is 3.53. The first-order valence-corrected chi connectivity index (χ1v) is 10.7. The summed E-state index contributed by atoms with van der Waals surface area (Å²) in [6, 6.07) is 18.9. The van der Waals surface area contributed by atoms with Gasteiger partial charge in [0, 0.05) is 12.6 Å². The molecule has 0 unspecified atom stereocenters. The lowest BCUT2D eigenvalue weighted by molar-refractivity contribution is 0.106. The molecule has 3 rings (SSSR count). The third-order valence-electron chi connectivity index (χ3n) is 5.28. The molecule has 0 heterocycles. The molecule has 0 aromatic heterocycles. The SMILES string of the molecule is CCNC(=NCc1ccccc1COCc1ccccc1)NC1CCC(O)CC1. The summed E-state index contributed by atoms with van der Waals surface area (Å²) in [7, 11) is 0. The topological polar surface area (TPSA) is 65.9 Å². The Balaban J connectivity index is 1.57. The van der Waals surface area contributed by atoms with Gasteiger partial charge in [-0.1, -0.05) is 54.6 Å². The van der Waals surface area contributed by atoms with Gasteiger partial charge in [0.25, 0.3) is 0 Å². The smallest absolute Gasteiger partial charge is 0.191 e. The number of hydrogen-bond acceptors (Lipinski definition) is 3. The highest BCUT2D eigenvalue weighted by molar-refractivity contribution is 5.80. The van der Waals surface area contributed by atoms with E-state index in [1.165, 1.54) is 16.7 Å². The lowest BCUT2D eigenvalue weighted by Crippen LogP contribution is -2.45. The quantitative estimate of drug-likeness (QED) is 0.470. The molecule has 0 bridgehead atoms. The molecule has 5 heteroatoms. The highest BCUT2D eigenvalue weighted by atomic mass is 16.5. The summed E-state index contributed by atoms with van der Waals surface area (Å²) >= 11 is 0. The van der Waals surface area contributed by atoms with E-state index in [0.29, 0.717) is 25.8 Å². The number of benzene rings is 2. The molecule has 1 fully saturated rings. The molecule has 2 aromatic rings. The maximum atomic E-state index is 9.71. The number of rotatable bonds is 8. The molecule has 5 nitrogen and oxygen atoms in total. The Hall–Kier alpha value is -2.37. The van der Waals surface area contributed by atoms with Crippen LogP contribution >= 0.6 is 0 Å². The van der Waals surface area contributed by atoms with Crippen molar-refractivity contribution in [2.24, 2.45) is 4.99 Å². The van der Waals surface area contributed by atoms with E-state index in [4.69, 9.17) is 9.73 Å². The first-order valence-electron chi connectivity index (χ1n) is 10.7. The minimum absolute atomic E-state index is 0.143. The van der Waals surface area contributed by atoms with E-state index < -0.39 is 0 Å². The van der Waals surface area contributed by atoms with E-state index in [1.807, 2.05) is 24.3 Å². The Kier molecular flexibility index (Phi) is 8.53. The number of hydrogen-bond donors (Lipinski definition) is 3. The normalized spacial score (nSPS) is 19.7. The standard InChI is InChI=1S/C24H33N3O2/c1-2-25-24(27-22-12-14-23(28)15-13-22)26-16-20-10-6-7-11-21(20)18-29-17-19-8-4-3-5-9-19/h3-11,22-23,28H,2,12-18H2,1H3,(H2,25,26,27). The van der Waals surface area contributed by atoms with Gasteiger partial charge in [-0.25, -0.2) is 4.99 Å². The van der Waals surface area contributed by atoms with Crippen molar-refractivity contribution >= 4 is 5.96 Å². The van der Waals surface area contributed by atoms with Gasteiger partial charge in [-0.05, 0) is 49.3 Å². The fraction of sp³-hybridized carbons (Fsp3) is 0.458. The van der Waals surface area contributed by atoms with Crippen LogP contribution in [0.3, 0.4) is 0 Å². The van der Waals surface area contributed by atoms with Crippen molar-refractivity contribution in [1.82, 2.24) is 10.6 Å². The Bertz CT molecular complexity index is 756. The van der Waals surface area contributed by atoms with E-state index in [-0.39, 0.29) is 6.10 Å². The molecule has 3 N–H and O–H groups in total. The second kappa shape index (κ2) is 11.6. The van der Waals surface area contributed by atoms with Crippen molar-refractivity contribution in [3.63, 3.8) is 0 Å². The van der Waals surface area contributed by atoms with Crippen molar-refractivity contribution < 1.29 is 9.84 Å². The van der Waals surface area contributed by atoms with Crippen molar-refractivity contribution in [2.75, 3.05) is 6.54 Å². The van der Waals surface area contributed by atoms with Gasteiger partial charge in [0.1, 0.15) is 0 Å². The van der Waals surface area contributed by atoms with E-state index in [1.54, 1.807) is 0 Å². The van der Waals surface area contributed by atoms with E-state index >= 15 is 0 Å². The molecule has 0 aliphatic heterocycles. The lowest BCUT2D eigenvalue weighted by atomic mass is 9.93. The fourth-order valence-corrected chi connectivity index (χ4v) is 3.60. The number of aliphatic hydroxyl groups is 1. The van der Waals surface area contributed by atoms with E-state index in [9.17, 15) is 5.11 Å². The molecule has 0 atom stereocenters. The number of aliphatic hydroxyl groups excluding tert-OH is 1. The minimum atomic E-state index is -0.143. The van der Waals surface area contributed by atoms with Gasteiger partial charge in [-0.3, -0.25) is 0 Å². The summed E-state index contributed by atoms with van der Waals surface area (Å²) < 4.78 is 5.93. The molecule has 156 valence electrons. The lowest BCUT2D eigenvalue weighted by Gasteiger charge is -2.27. The van der Waals surface area contributed by atoms with E-state index in [0.717, 1.165) is 38.2 Å². The largest absolute Gasteiger partial charge is 0.393 e. The first-order chi connectivity index (χ1) is 14.2. The van der Waals surface area contributed by atoms with Gasteiger partial charge >= 0.3 is 0 Å². The maximum absolute atomic E-state index is 9.71. The third-order valence-corrected chi connectivity index (χ3v) is 5.28. The number of ether oxygens (including phenoxy) is 1. The van der Waals surface area contributed by atoms with Gasteiger partial charge in [0.05, 0.1) is 25.9 Å². The highest BCUT2D eigenvalue weighted by Gasteiger charge is 2.20. The van der Waals surface area contributed by atoms with Crippen LogP contribution in [-0.2, 0) is 24.5 Å². The second-order valence-electron chi connectivity index (χ2n) is 7.59. The molecular formula is C24H33N3O2. The second-order valence-corrected chi connectivity index (χ2v) is 7.59. The molecule has 1 aliphatic rings. The first kappa shape index (κ1) is 21.3. The predicted octanol–water partition coefficient (Wildman–Crippen LogP) is 3.76. The molecule has 0 saturated heterocycles. The molecule has 1 saturated carbocycles. The number of guanidine groups is 1. The van der Waals surface area contributed by atoms with Gasteiger partial charge in [-0.2, -0.15) is 0 Å². The van der Waals surface area contributed by atoms with Crippen LogP contribution in [0, 0.1) is 0 Å². The molecule has 1 aliphatic carbocycles. The van der Waals surface area contributed by atoms with Gasteiger partial charge < -0.3 is 20.5 Å². The van der Waals surface area contributed by atoms with Crippen LogP contribution in [0.2, 0.25) is 0 Å². The van der Waals surface area contributed by atoms with Crippen LogP contribution in [0.5, 0.6) is 0 Å². The van der Waals surface area contributed by atoms with Crippen molar-refractivity contribution in [3.8, 4) is 0 Å². The van der Waals surface area contributed by atoms with Crippen molar-refractivity contribution in [1.29, 1.82) is 0 Å². The zero-order valence-electron chi connectivity index (χ0n) is 17.3. The van der Waals surface area contributed by atoms with Gasteiger partial charge in [-0.15, -0.1) is 0 Å². The van der Waals surface area contributed by atoms with E-state index in [2.05, 4.69) is 47.9 Å². The van der Waals surface area contributed by atoms with Crippen LogP contribution < -0.4 is 10.6 Å². The monoisotopic (exact) mass is 395 g/mol. The summed E-state index contributed by atoms with van der Waals surface area (Å²) in [6.07, 6.45) is 3.54. The highest BCUT2D eigenvalue weighted by Crippen LogP contribution is 2.18. The summed E-state index contributed by atoms with van der Waals surface area (Å²) in [5.74, 6) is 0.842. The average molecular weight is 396 g/mol. The predicted molar refractivity (Wildman–Crippen MR) is 118 cm³/mol. The number of aliphatic imine (C=N–C) groups is 1. The molecule has 29 heavy (non-hydrogen) atoms. The summed E-state index contributed by atoms with van der Waals surface area (Å²) in [5, 5.41) is 16.6. The molecular weight excluding hydrogens is 362 g/mol.